The molecule has 8 heteroatoms. The normalized spacial score (nSPS) is 12.0. The first-order chi connectivity index (χ1) is 12.5. The van der Waals surface area contributed by atoms with E-state index in [0.29, 0.717) is 11.0 Å². The molecular formula is C18H18BrN5OS. The summed E-state index contributed by atoms with van der Waals surface area (Å²) in [6, 6.07) is 15.3. The molecule has 0 aliphatic carbocycles. The second kappa shape index (κ2) is 7.92. The Labute approximate surface area is 164 Å². The number of nitrogens with zero attached hydrogens (tertiary/aromatic N) is 3. The number of aromatic nitrogens is 3. The number of nitrogens with one attached hydrogen (secondary N) is 1. The molecule has 0 radical (unpaired) electrons. The van der Waals surface area contributed by atoms with Gasteiger partial charge in [0.2, 0.25) is 11.1 Å². The fourth-order valence-electron chi connectivity index (χ4n) is 2.36. The van der Waals surface area contributed by atoms with E-state index in [1.54, 1.807) is 0 Å². The molecule has 134 valence electrons. The van der Waals surface area contributed by atoms with Crippen LogP contribution in [0.1, 0.15) is 12.5 Å². The van der Waals surface area contributed by atoms with Crippen molar-refractivity contribution in [1.82, 2.24) is 14.9 Å². The zero-order valence-corrected chi connectivity index (χ0v) is 16.7. The van der Waals surface area contributed by atoms with Crippen LogP contribution in [0.2, 0.25) is 0 Å². The highest BCUT2D eigenvalue weighted by Gasteiger charge is 2.20. The van der Waals surface area contributed by atoms with Gasteiger partial charge in [0.25, 0.3) is 0 Å². The number of nitrogen functional groups attached to an aromatic ring is 1. The van der Waals surface area contributed by atoms with Gasteiger partial charge in [-0.15, -0.1) is 10.2 Å². The molecule has 1 heterocycles. The zero-order chi connectivity index (χ0) is 18.7. The molecule has 1 amide bonds. The lowest BCUT2D eigenvalue weighted by atomic mass is 10.2. The van der Waals surface area contributed by atoms with Crippen LogP contribution in [0.4, 0.5) is 5.69 Å². The molecule has 0 aliphatic heterocycles. The van der Waals surface area contributed by atoms with Crippen LogP contribution in [0.5, 0.6) is 0 Å². The first-order valence-corrected chi connectivity index (χ1v) is 9.62. The van der Waals surface area contributed by atoms with E-state index in [1.807, 2.05) is 62.4 Å². The topological polar surface area (TPSA) is 85.8 Å². The third-order valence-electron chi connectivity index (χ3n) is 3.72. The first-order valence-electron chi connectivity index (χ1n) is 7.95. The second-order valence-electron chi connectivity index (χ2n) is 5.77. The Bertz CT molecular complexity index is 943. The van der Waals surface area contributed by atoms with Gasteiger partial charge in [-0.25, -0.2) is 4.68 Å². The van der Waals surface area contributed by atoms with Crippen molar-refractivity contribution >= 4 is 39.3 Å². The van der Waals surface area contributed by atoms with Crippen LogP contribution in [0.3, 0.4) is 0 Å². The average Bonchev–Trinajstić information content (AvgIpc) is 2.96. The minimum absolute atomic E-state index is 0.119. The number of carbonyl (C=O) groups is 1. The van der Waals surface area contributed by atoms with Crippen molar-refractivity contribution in [2.75, 3.05) is 11.2 Å². The van der Waals surface area contributed by atoms with Crippen molar-refractivity contribution in [2.24, 2.45) is 0 Å². The highest BCUT2D eigenvalue weighted by atomic mass is 79.9. The van der Waals surface area contributed by atoms with E-state index >= 15 is 0 Å². The van der Waals surface area contributed by atoms with Gasteiger partial charge in [-0.3, -0.25) is 4.79 Å². The molecule has 1 atom stereocenters. The Morgan fingerprint density at radius 2 is 2.00 bits per heavy atom. The van der Waals surface area contributed by atoms with Crippen molar-refractivity contribution in [2.45, 2.75) is 24.3 Å². The van der Waals surface area contributed by atoms with Crippen molar-refractivity contribution in [3.05, 3.63) is 58.6 Å². The summed E-state index contributed by atoms with van der Waals surface area (Å²) in [4.78, 5) is 12.4. The smallest absolute Gasteiger partial charge is 0.237 e. The summed E-state index contributed by atoms with van der Waals surface area (Å²) < 4.78 is 2.28. The molecule has 6 nitrogen and oxygen atoms in total. The lowest BCUT2D eigenvalue weighted by Crippen LogP contribution is -2.23. The predicted molar refractivity (Wildman–Crippen MR) is 108 cm³/mol. The summed E-state index contributed by atoms with van der Waals surface area (Å²) in [5, 5.41) is 11.3. The Morgan fingerprint density at radius 3 is 2.73 bits per heavy atom. The number of benzene rings is 2. The minimum atomic E-state index is -0.380. The van der Waals surface area contributed by atoms with Crippen LogP contribution in [-0.4, -0.2) is 26.0 Å². The van der Waals surface area contributed by atoms with Gasteiger partial charge >= 0.3 is 0 Å². The SMILES string of the molecule is Cc1cccc(NC(=O)C(C)Sc2nnc(-c3ccccc3Br)n2N)c1. The van der Waals surface area contributed by atoms with Gasteiger partial charge < -0.3 is 11.2 Å². The summed E-state index contributed by atoms with van der Waals surface area (Å²) >= 11 is 4.75. The zero-order valence-electron chi connectivity index (χ0n) is 14.3. The van der Waals surface area contributed by atoms with E-state index in [4.69, 9.17) is 5.84 Å². The molecule has 3 aromatic rings. The Hall–Kier alpha value is -2.32. The Morgan fingerprint density at radius 1 is 1.23 bits per heavy atom. The van der Waals surface area contributed by atoms with Crippen molar-refractivity contribution in [3.63, 3.8) is 0 Å². The highest BCUT2D eigenvalue weighted by Crippen LogP contribution is 2.29. The number of carbonyl (C=O) groups excluding carboxylic acids is 1. The molecule has 0 saturated heterocycles. The number of nitrogens with two attached hydrogens (primary N) is 1. The summed E-state index contributed by atoms with van der Waals surface area (Å²) in [6.45, 7) is 3.79. The van der Waals surface area contributed by atoms with Crippen LogP contribution in [0.15, 0.2) is 58.2 Å². The van der Waals surface area contributed by atoms with Gasteiger partial charge in [0.05, 0.1) is 5.25 Å². The first kappa shape index (κ1) is 18.5. The number of hydrogen-bond acceptors (Lipinski definition) is 5. The van der Waals surface area contributed by atoms with E-state index in [-0.39, 0.29) is 11.2 Å². The van der Waals surface area contributed by atoms with Crippen LogP contribution in [0, 0.1) is 6.92 Å². The fraction of sp³-hybridized carbons (Fsp3) is 0.167. The maximum atomic E-state index is 12.4. The molecule has 0 spiro atoms. The summed E-state index contributed by atoms with van der Waals surface area (Å²) in [5.41, 5.74) is 2.69. The standard InChI is InChI=1S/C18H18BrN5OS/c1-11-6-5-7-13(10-11)21-17(25)12(2)26-18-23-22-16(24(18)20)14-8-3-4-9-15(14)19/h3-10,12H,20H2,1-2H3,(H,21,25). The molecule has 0 aliphatic rings. The molecule has 26 heavy (non-hydrogen) atoms. The fourth-order valence-corrected chi connectivity index (χ4v) is 3.59. The number of aryl methyl sites for hydroxylation is 1. The van der Waals surface area contributed by atoms with Gasteiger partial charge in [-0.05, 0) is 43.7 Å². The van der Waals surface area contributed by atoms with Gasteiger partial charge in [0.1, 0.15) is 0 Å². The molecular weight excluding hydrogens is 414 g/mol. The van der Waals surface area contributed by atoms with Crippen molar-refractivity contribution < 1.29 is 4.79 Å². The molecule has 2 aromatic carbocycles. The highest BCUT2D eigenvalue weighted by molar-refractivity contribution is 9.10. The summed E-state index contributed by atoms with van der Waals surface area (Å²) in [6.07, 6.45) is 0. The van der Waals surface area contributed by atoms with Gasteiger partial charge in [-0.2, -0.15) is 0 Å². The Balaban J connectivity index is 1.73. The molecule has 3 N–H and O–H groups in total. The van der Waals surface area contributed by atoms with E-state index in [0.717, 1.165) is 21.3 Å². The second-order valence-corrected chi connectivity index (χ2v) is 7.94. The van der Waals surface area contributed by atoms with E-state index in [9.17, 15) is 4.79 Å². The number of anilines is 1. The van der Waals surface area contributed by atoms with Crippen LogP contribution in [-0.2, 0) is 4.79 Å². The van der Waals surface area contributed by atoms with Gasteiger partial charge in [0, 0.05) is 15.7 Å². The lowest BCUT2D eigenvalue weighted by Gasteiger charge is -2.12. The molecule has 0 bridgehead atoms. The third-order valence-corrected chi connectivity index (χ3v) is 5.46. The van der Waals surface area contributed by atoms with Gasteiger partial charge in [-0.1, -0.05) is 52.0 Å². The molecule has 3 rings (SSSR count). The lowest BCUT2D eigenvalue weighted by molar-refractivity contribution is -0.115. The quantitative estimate of drug-likeness (QED) is 0.473. The number of amides is 1. The average molecular weight is 432 g/mol. The maximum absolute atomic E-state index is 12.4. The van der Waals surface area contributed by atoms with Crippen LogP contribution < -0.4 is 11.2 Å². The minimum Gasteiger partial charge on any atom is -0.335 e. The Kier molecular flexibility index (Phi) is 5.63. The number of thioether (sulfide) groups is 1. The maximum Gasteiger partial charge on any atom is 0.237 e. The number of rotatable bonds is 5. The van der Waals surface area contributed by atoms with Crippen LogP contribution in [0.25, 0.3) is 11.4 Å². The number of hydrogen-bond donors (Lipinski definition) is 2. The van der Waals surface area contributed by atoms with E-state index in [1.165, 1.54) is 16.4 Å². The van der Waals surface area contributed by atoms with E-state index in [2.05, 4.69) is 31.4 Å². The monoisotopic (exact) mass is 431 g/mol. The summed E-state index contributed by atoms with van der Waals surface area (Å²) in [7, 11) is 0. The summed E-state index contributed by atoms with van der Waals surface area (Å²) in [5.74, 6) is 6.56. The van der Waals surface area contributed by atoms with Crippen molar-refractivity contribution in [1.29, 1.82) is 0 Å². The third kappa shape index (κ3) is 4.08. The molecule has 1 aromatic heterocycles. The largest absolute Gasteiger partial charge is 0.335 e. The van der Waals surface area contributed by atoms with Crippen LogP contribution >= 0.6 is 27.7 Å². The molecule has 0 fully saturated rings. The molecule has 1 unspecified atom stereocenters. The number of halogens is 1. The van der Waals surface area contributed by atoms with Gasteiger partial charge in [0.15, 0.2) is 5.82 Å². The predicted octanol–water partition coefficient (Wildman–Crippen LogP) is 3.85. The van der Waals surface area contributed by atoms with E-state index < -0.39 is 0 Å². The van der Waals surface area contributed by atoms with Crippen molar-refractivity contribution in [3.8, 4) is 11.4 Å². The molecule has 0 saturated carbocycles.